The van der Waals surface area contributed by atoms with E-state index in [4.69, 9.17) is 0 Å². The lowest BCUT2D eigenvalue weighted by molar-refractivity contribution is 0.634. The van der Waals surface area contributed by atoms with Gasteiger partial charge in [-0.2, -0.15) is 0 Å². The first kappa shape index (κ1) is 14.2. The Bertz CT molecular complexity index is 574. The summed E-state index contributed by atoms with van der Waals surface area (Å²) in [5.41, 5.74) is 1.23. The van der Waals surface area contributed by atoms with Crippen molar-refractivity contribution in [3.8, 4) is 0 Å². The Hall–Kier alpha value is -1.19. The van der Waals surface area contributed by atoms with E-state index in [1.807, 2.05) is 27.0 Å². The molecule has 0 aliphatic carbocycles. The molecular weight excluding hydrogens is 254 g/mol. The zero-order valence-electron chi connectivity index (χ0n) is 11.7. The number of hydrogen-bond donors (Lipinski definition) is 1. The Balaban J connectivity index is 2.38. The van der Waals surface area contributed by atoms with E-state index < -0.39 is 10.8 Å². The number of hydrogen-bond acceptors (Lipinski definition) is 2. The van der Waals surface area contributed by atoms with E-state index in [0.29, 0.717) is 5.75 Å². The second-order valence-corrected chi connectivity index (χ2v) is 7.04. The monoisotopic (exact) mass is 275 g/mol. The lowest BCUT2D eigenvalue weighted by Crippen LogP contribution is -2.25. The fourth-order valence-electron chi connectivity index (χ4n) is 2.24. The molecule has 0 radical (unpaired) electrons. The van der Waals surface area contributed by atoms with Crippen molar-refractivity contribution in [2.75, 3.05) is 12.8 Å². The summed E-state index contributed by atoms with van der Waals surface area (Å²) in [6.07, 6.45) is 0. The summed E-state index contributed by atoms with van der Waals surface area (Å²) in [5, 5.41) is 5.98. The van der Waals surface area contributed by atoms with E-state index in [1.54, 1.807) is 0 Å². The molecule has 0 saturated carbocycles. The van der Waals surface area contributed by atoms with Crippen molar-refractivity contribution in [2.45, 2.75) is 25.1 Å². The summed E-state index contributed by atoms with van der Waals surface area (Å²) in [4.78, 5) is 0. The third-order valence-electron chi connectivity index (χ3n) is 3.40. The summed E-state index contributed by atoms with van der Waals surface area (Å²) in [6, 6.07) is 14.8. The van der Waals surface area contributed by atoms with E-state index in [2.05, 4.69) is 41.7 Å². The lowest BCUT2D eigenvalue weighted by Gasteiger charge is -2.19. The van der Waals surface area contributed by atoms with E-state index in [-0.39, 0.29) is 11.3 Å². The maximum Gasteiger partial charge on any atom is 0.0440 e. The minimum atomic E-state index is -0.808. The molecule has 0 heterocycles. The highest BCUT2D eigenvalue weighted by molar-refractivity contribution is 7.85. The van der Waals surface area contributed by atoms with Gasteiger partial charge in [0.05, 0.1) is 0 Å². The average molecular weight is 275 g/mol. The molecule has 0 amide bonds. The minimum Gasteiger partial charge on any atom is -0.312 e. The Labute approximate surface area is 117 Å². The second kappa shape index (κ2) is 6.31. The van der Waals surface area contributed by atoms with Crippen LogP contribution >= 0.6 is 0 Å². The van der Waals surface area contributed by atoms with Gasteiger partial charge in [-0.05, 0) is 23.4 Å². The molecule has 3 heteroatoms. The van der Waals surface area contributed by atoms with E-state index >= 15 is 0 Å². The van der Waals surface area contributed by atoms with Crippen molar-refractivity contribution in [1.82, 2.24) is 5.32 Å². The molecule has 2 rings (SSSR count). The molecule has 0 spiro atoms. The van der Waals surface area contributed by atoms with Crippen molar-refractivity contribution in [3.63, 3.8) is 0 Å². The summed E-state index contributed by atoms with van der Waals surface area (Å²) >= 11 is 0. The van der Waals surface area contributed by atoms with Crippen molar-refractivity contribution >= 4 is 21.6 Å². The molecule has 0 saturated heterocycles. The van der Waals surface area contributed by atoms with Crippen LogP contribution in [0.15, 0.2) is 42.5 Å². The molecule has 0 aliphatic rings. The Morgan fingerprint density at radius 3 is 2.47 bits per heavy atom. The lowest BCUT2D eigenvalue weighted by atomic mass is 10.00. The number of fused-ring (bicyclic) bond motifs is 1. The maximum absolute atomic E-state index is 12.1. The van der Waals surface area contributed by atoms with Crippen LogP contribution in [0.25, 0.3) is 10.8 Å². The maximum atomic E-state index is 12.1. The highest BCUT2D eigenvalue weighted by atomic mass is 32.2. The molecule has 102 valence electrons. The van der Waals surface area contributed by atoms with Crippen LogP contribution in [-0.4, -0.2) is 22.3 Å². The SMILES string of the molecule is CNC(CS(=O)C(C)C)c1cccc2ccccc12. The molecule has 2 atom stereocenters. The van der Waals surface area contributed by atoms with Gasteiger partial charge in [-0.15, -0.1) is 0 Å². The molecule has 0 aliphatic heterocycles. The van der Waals surface area contributed by atoms with Gasteiger partial charge in [0.2, 0.25) is 0 Å². The third kappa shape index (κ3) is 3.23. The molecule has 2 nitrogen and oxygen atoms in total. The summed E-state index contributed by atoms with van der Waals surface area (Å²) < 4.78 is 12.1. The first-order chi connectivity index (χ1) is 9.13. The van der Waals surface area contributed by atoms with Crippen molar-refractivity contribution < 1.29 is 4.21 Å². The predicted octanol–water partition coefficient (Wildman–Crippen LogP) is 3.26. The van der Waals surface area contributed by atoms with Gasteiger partial charge in [0.25, 0.3) is 0 Å². The molecule has 2 unspecified atom stereocenters. The molecule has 1 N–H and O–H groups in total. The molecular formula is C16H21NOS. The second-order valence-electron chi connectivity index (χ2n) is 5.01. The number of rotatable bonds is 5. The fraction of sp³-hybridized carbons (Fsp3) is 0.375. The van der Waals surface area contributed by atoms with E-state index in [9.17, 15) is 4.21 Å². The molecule has 2 aromatic rings. The quantitative estimate of drug-likeness (QED) is 0.907. The average Bonchev–Trinajstić information content (AvgIpc) is 2.44. The van der Waals surface area contributed by atoms with Crippen LogP contribution < -0.4 is 5.32 Å². The Morgan fingerprint density at radius 1 is 1.11 bits per heavy atom. The molecule has 0 aromatic heterocycles. The fourth-order valence-corrected chi connectivity index (χ4v) is 3.30. The largest absolute Gasteiger partial charge is 0.312 e. The van der Waals surface area contributed by atoms with Gasteiger partial charge in [-0.1, -0.05) is 56.3 Å². The van der Waals surface area contributed by atoms with Gasteiger partial charge < -0.3 is 5.32 Å². The first-order valence-corrected chi connectivity index (χ1v) is 8.03. The molecule has 2 aromatic carbocycles. The summed E-state index contributed by atoms with van der Waals surface area (Å²) in [6.45, 7) is 4.01. The van der Waals surface area contributed by atoms with Crippen molar-refractivity contribution in [3.05, 3.63) is 48.0 Å². The molecule has 0 fully saturated rings. The van der Waals surface area contributed by atoms with Gasteiger partial charge in [0.1, 0.15) is 0 Å². The zero-order valence-corrected chi connectivity index (χ0v) is 12.5. The highest BCUT2D eigenvalue weighted by Gasteiger charge is 2.17. The van der Waals surface area contributed by atoms with Crippen LogP contribution in [0, 0.1) is 0 Å². The highest BCUT2D eigenvalue weighted by Crippen LogP contribution is 2.25. The van der Waals surface area contributed by atoms with Crippen molar-refractivity contribution in [1.29, 1.82) is 0 Å². The summed E-state index contributed by atoms with van der Waals surface area (Å²) in [7, 11) is 1.13. The van der Waals surface area contributed by atoms with Crippen LogP contribution in [0.2, 0.25) is 0 Å². The Morgan fingerprint density at radius 2 is 1.79 bits per heavy atom. The van der Waals surface area contributed by atoms with Crippen LogP contribution in [0.1, 0.15) is 25.5 Å². The predicted molar refractivity (Wildman–Crippen MR) is 83.9 cm³/mol. The van der Waals surface area contributed by atoms with Crippen LogP contribution in [-0.2, 0) is 10.8 Å². The number of benzene rings is 2. The van der Waals surface area contributed by atoms with Crippen molar-refractivity contribution in [2.24, 2.45) is 0 Å². The summed E-state index contributed by atoms with van der Waals surface area (Å²) in [5.74, 6) is 0.655. The van der Waals surface area contributed by atoms with E-state index in [1.165, 1.54) is 16.3 Å². The zero-order chi connectivity index (χ0) is 13.8. The first-order valence-electron chi connectivity index (χ1n) is 6.65. The molecule has 0 bridgehead atoms. The van der Waals surface area contributed by atoms with Gasteiger partial charge in [-0.25, -0.2) is 0 Å². The molecule has 19 heavy (non-hydrogen) atoms. The smallest absolute Gasteiger partial charge is 0.0440 e. The van der Waals surface area contributed by atoms with Gasteiger partial charge in [0.15, 0.2) is 0 Å². The van der Waals surface area contributed by atoms with E-state index in [0.717, 1.165) is 0 Å². The normalized spacial score (nSPS) is 14.7. The van der Waals surface area contributed by atoms with Gasteiger partial charge in [-0.3, -0.25) is 4.21 Å². The van der Waals surface area contributed by atoms with Gasteiger partial charge in [0, 0.05) is 27.8 Å². The topological polar surface area (TPSA) is 29.1 Å². The third-order valence-corrected chi connectivity index (χ3v) is 5.12. The Kier molecular flexibility index (Phi) is 4.72. The minimum absolute atomic E-state index is 0.134. The van der Waals surface area contributed by atoms with Crippen LogP contribution in [0.5, 0.6) is 0 Å². The number of nitrogens with one attached hydrogen (secondary N) is 1. The van der Waals surface area contributed by atoms with Gasteiger partial charge >= 0.3 is 0 Å². The van der Waals surface area contributed by atoms with Crippen LogP contribution in [0.3, 0.4) is 0 Å². The standard InChI is InChI=1S/C16H21NOS/c1-12(2)19(18)11-16(17-3)15-10-6-8-13-7-4-5-9-14(13)15/h4-10,12,16-17H,11H2,1-3H3. The van der Waals surface area contributed by atoms with Crippen LogP contribution in [0.4, 0.5) is 0 Å².